The molecular weight excluding hydrogens is 231 g/mol. The molecule has 0 radical (unpaired) electrons. The Bertz CT molecular complexity index is 274. The van der Waals surface area contributed by atoms with Crippen LogP contribution in [0.2, 0.25) is 0 Å². The van der Waals surface area contributed by atoms with Crippen LogP contribution in [0.15, 0.2) is 0 Å². The van der Waals surface area contributed by atoms with Gasteiger partial charge in [-0.25, -0.2) is 8.42 Å². The molecule has 0 rings (SSSR count). The lowest BCUT2D eigenvalue weighted by Crippen LogP contribution is -2.40. The fourth-order valence-corrected chi connectivity index (χ4v) is 2.73. The van der Waals surface area contributed by atoms with E-state index in [9.17, 15) is 21.6 Å². The van der Waals surface area contributed by atoms with Crippen LogP contribution in [0.4, 0.5) is 13.2 Å². The molecule has 3 nitrogen and oxygen atoms in total. The van der Waals surface area contributed by atoms with Gasteiger partial charge in [0.2, 0.25) is 10.0 Å². The Balaban J connectivity index is 4.66. The van der Waals surface area contributed by atoms with Gasteiger partial charge in [-0.3, -0.25) is 0 Å². The maximum absolute atomic E-state index is 12.1. The molecule has 0 unspecified atom stereocenters. The van der Waals surface area contributed by atoms with Gasteiger partial charge in [-0.1, -0.05) is 13.8 Å². The predicted octanol–water partition coefficient (Wildman–Crippen LogP) is 2.00. The number of sulfonamides is 1. The second-order valence-electron chi connectivity index (χ2n) is 3.26. The zero-order valence-electron chi connectivity index (χ0n) is 8.84. The van der Waals surface area contributed by atoms with E-state index in [1.807, 2.05) is 0 Å². The van der Waals surface area contributed by atoms with Gasteiger partial charge in [0.05, 0.1) is 5.75 Å². The number of nitrogens with zero attached hydrogens (tertiary/aromatic N) is 1. The first-order valence-electron chi connectivity index (χ1n) is 4.77. The van der Waals surface area contributed by atoms with Crippen molar-refractivity contribution < 1.29 is 21.6 Å². The third-order valence-corrected chi connectivity index (χ3v) is 3.71. The molecule has 0 aromatic carbocycles. The minimum Gasteiger partial charge on any atom is -0.212 e. The van der Waals surface area contributed by atoms with Crippen LogP contribution >= 0.6 is 0 Å². The molecule has 0 fully saturated rings. The smallest absolute Gasteiger partial charge is 0.212 e. The lowest BCUT2D eigenvalue weighted by Gasteiger charge is -2.22. The van der Waals surface area contributed by atoms with Crippen LogP contribution in [0.5, 0.6) is 0 Å². The molecule has 0 atom stereocenters. The maximum Gasteiger partial charge on any atom is 0.402 e. The first-order valence-corrected chi connectivity index (χ1v) is 6.38. The highest BCUT2D eigenvalue weighted by atomic mass is 32.2. The molecule has 0 amide bonds. The van der Waals surface area contributed by atoms with E-state index in [1.54, 1.807) is 13.8 Å². The molecule has 0 aliphatic rings. The molecule has 0 N–H and O–H groups in total. The molecule has 0 spiro atoms. The zero-order valence-corrected chi connectivity index (χ0v) is 9.66. The minimum atomic E-state index is -4.48. The standard InChI is InChI=1S/C8H16F3NO2S/c1-3-5-12(7-8(9,10)11)15(13,14)6-4-2/h3-7H2,1-2H3. The van der Waals surface area contributed by atoms with Crippen molar-refractivity contribution in [1.82, 2.24) is 4.31 Å². The number of alkyl halides is 3. The van der Waals surface area contributed by atoms with Gasteiger partial charge in [0.15, 0.2) is 0 Å². The summed E-state index contributed by atoms with van der Waals surface area (Å²) >= 11 is 0. The predicted molar refractivity (Wildman–Crippen MR) is 52.0 cm³/mol. The van der Waals surface area contributed by atoms with Crippen molar-refractivity contribution in [3.8, 4) is 0 Å². The molecule has 0 saturated heterocycles. The Morgan fingerprint density at radius 1 is 1.13 bits per heavy atom. The summed E-state index contributed by atoms with van der Waals surface area (Å²) in [5, 5.41) is 0. The van der Waals surface area contributed by atoms with Gasteiger partial charge < -0.3 is 0 Å². The molecule has 0 bridgehead atoms. The van der Waals surface area contributed by atoms with Crippen LogP contribution in [0, 0.1) is 0 Å². The summed E-state index contributed by atoms with van der Waals surface area (Å²) in [6, 6.07) is 0. The molecular formula is C8H16F3NO2S. The summed E-state index contributed by atoms with van der Waals surface area (Å²) in [5.41, 5.74) is 0. The summed E-state index contributed by atoms with van der Waals surface area (Å²) < 4.78 is 59.6. The molecule has 0 heterocycles. The van der Waals surface area contributed by atoms with Crippen LogP contribution in [-0.2, 0) is 10.0 Å². The number of hydrogen-bond donors (Lipinski definition) is 0. The number of hydrogen-bond acceptors (Lipinski definition) is 2. The first kappa shape index (κ1) is 14.7. The number of rotatable bonds is 6. The summed E-state index contributed by atoms with van der Waals surface area (Å²) in [5.74, 6) is -0.233. The monoisotopic (exact) mass is 247 g/mol. The topological polar surface area (TPSA) is 37.4 Å². The highest BCUT2D eigenvalue weighted by Gasteiger charge is 2.35. The van der Waals surface area contributed by atoms with Crippen molar-refractivity contribution in [2.24, 2.45) is 0 Å². The van der Waals surface area contributed by atoms with E-state index in [1.165, 1.54) is 0 Å². The molecule has 0 aromatic heterocycles. The molecule has 0 aliphatic heterocycles. The average molecular weight is 247 g/mol. The van der Waals surface area contributed by atoms with Crippen molar-refractivity contribution in [1.29, 1.82) is 0 Å². The Kier molecular flexibility index (Phi) is 5.58. The summed E-state index contributed by atoms with van der Waals surface area (Å²) in [4.78, 5) is 0. The molecule has 15 heavy (non-hydrogen) atoms. The van der Waals surface area contributed by atoms with Crippen LogP contribution in [0.25, 0.3) is 0 Å². The van der Waals surface area contributed by atoms with Crippen LogP contribution < -0.4 is 0 Å². The van der Waals surface area contributed by atoms with Crippen LogP contribution in [-0.4, -0.2) is 37.7 Å². The highest BCUT2D eigenvalue weighted by Crippen LogP contribution is 2.19. The third-order valence-electron chi connectivity index (χ3n) is 1.68. The summed E-state index contributed by atoms with van der Waals surface area (Å²) in [7, 11) is -3.75. The van der Waals surface area contributed by atoms with E-state index in [2.05, 4.69) is 0 Å². The van der Waals surface area contributed by atoms with E-state index in [0.29, 0.717) is 17.1 Å². The second-order valence-corrected chi connectivity index (χ2v) is 5.35. The van der Waals surface area contributed by atoms with Crippen molar-refractivity contribution in [3.05, 3.63) is 0 Å². The minimum absolute atomic E-state index is 0.0815. The normalized spacial score (nSPS) is 13.5. The fraction of sp³-hybridized carbons (Fsp3) is 1.00. The molecule has 7 heteroatoms. The van der Waals surface area contributed by atoms with Gasteiger partial charge in [-0.05, 0) is 12.8 Å². The highest BCUT2D eigenvalue weighted by molar-refractivity contribution is 7.89. The van der Waals surface area contributed by atoms with E-state index >= 15 is 0 Å². The summed E-state index contributed by atoms with van der Waals surface area (Å²) in [6.07, 6.45) is -3.78. The van der Waals surface area contributed by atoms with E-state index < -0.39 is 22.7 Å². The van der Waals surface area contributed by atoms with Gasteiger partial charge in [-0.2, -0.15) is 17.5 Å². The SMILES string of the molecule is CCCN(CC(F)(F)F)S(=O)(=O)CCC. The average Bonchev–Trinajstić information content (AvgIpc) is 2.01. The van der Waals surface area contributed by atoms with Crippen LogP contribution in [0.1, 0.15) is 26.7 Å². The van der Waals surface area contributed by atoms with Gasteiger partial charge in [0.25, 0.3) is 0 Å². The van der Waals surface area contributed by atoms with Gasteiger partial charge in [0, 0.05) is 6.54 Å². The van der Waals surface area contributed by atoms with E-state index in [4.69, 9.17) is 0 Å². The Labute approximate surface area is 88.3 Å². The quantitative estimate of drug-likeness (QED) is 0.720. The van der Waals surface area contributed by atoms with Crippen molar-refractivity contribution in [3.63, 3.8) is 0 Å². The van der Waals surface area contributed by atoms with Crippen molar-refractivity contribution in [2.75, 3.05) is 18.8 Å². The Morgan fingerprint density at radius 3 is 2.00 bits per heavy atom. The second kappa shape index (κ2) is 5.69. The lowest BCUT2D eigenvalue weighted by atomic mass is 10.5. The molecule has 92 valence electrons. The Morgan fingerprint density at radius 2 is 1.67 bits per heavy atom. The summed E-state index contributed by atoms with van der Waals surface area (Å²) in [6.45, 7) is 1.80. The van der Waals surface area contributed by atoms with E-state index in [-0.39, 0.29) is 12.3 Å². The largest absolute Gasteiger partial charge is 0.402 e. The molecule has 0 aromatic rings. The van der Waals surface area contributed by atoms with Gasteiger partial charge in [0.1, 0.15) is 6.54 Å². The van der Waals surface area contributed by atoms with Gasteiger partial charge in [-0.15, -0.1) is 0 Å². The maximum atomic E-state index is 12.1. The van der Waals surface area contributed by atoms with Crippen LogP contribution in [0.3, 0.4) is 0 Å². The molecule has 0 saturated carbocycles. The van der Waals surface area contributed by atoms with Crippen molar-refractivity contribution in [2.45, 2.75) is 32.9 Å². The lowest BCUT2D eigenvalue weighted by molar-refractivity contribution is -0.136. The van der Waals surface area contributed by atoms with E-state index in [0.717, 1.165) is 0 Å². The number of halogens is 3. The third kappa shape index (κ3) is 5.99. The fourth-order valence-electron chi connectivity index (χ4n) is 1.15. The van der Waals surface area contributed by atoms with Crippen molar-refractivity contribution >= 4 is 10.0 Å². The van der Waals surface area contributed by atoms with Gasteiger partial charge >= 0.3 is 6.18 Å². The first-order chi connectivity index (χ1) is 6.73. The Hall–Kier alpha value is -0.300. The molecule has 0 aliphatic carbocycles. The zero-order chi connectivity index (χ0) is 12.1.